The van der Waals surface area contributed by atoms with Gasteiger partial charge in [0.05, 0.1) is 16.7 Å². The molecule has 3 nitrogen and oxygen atoms in total. The second-order valence-electron chi connectivity index (χ2n) is 3.68. The minimum absolute atomic E-state index is 0.566. The van der Waals surface area contributed by atoms with E-state index in [-0.39, 0.29) is 0 Å². The highest BCUT2D eigenvalue weighted by molar-refractivity contribution is 9.10. The molecule has 0 fully saturated rings. The van der Waals surface area contributed by atoms with Crippen molar-refractivity contribution < 1.29 is 0 Å². The van der Waals surface area contributed by atoms with Gasteiger partial charge in [0.15, 0.2) is 5.82 Å². The summed E-state index contributed by atoms with van der Waals surface area (Å²) in [5.41, 5.74) is 1.55. The molecular formula is C13H9BrClN3. The summed E-state index contributed by atoms with van der Waals surface area (Å²) >= 11 is 9.47. The number of halogens is 2. The first-order valence-electron chi connectivity index (χ1n) is 5.17. The summed E-state index contributed by atoms with van der Waals surface area (Å²) in [6.07, 6.45) is 1.70. The Morgan fingerprint density at radius 3 is 2.56 bits per heavy atom. The zero-order valence-electron chi connectivity index (χ0n) is 9.56. The summed E-state index contributed by atoms with van der Waals surface area (Å²) in [5.74, 6) is 0.671. The van der Waals surface area contributed by atoms with Gasteiger partial charge >= 0.3 is 0 Å². The van der Waals surface area contributed by atoms with Crippen LogP contribution < -0.4 is 4.90 Å². The van der Waals surface area contributed by atoms with Crippen LogP contribution in [-0.2, 0) is 0 Å². The number of hydrogen-bond donors (Lipinski definition) is 0. The first-order valence-corrected chi connectivity index (χ1v) is 6.34. The average Bonchev–Trinajstić information content (AvgIpc) is 2.38. The fourth-order valence-electron chi connectivity index (χ4n) is 1.54. The van der Waals surface area contributed by atoms with Crippen LogP contribution in [-0.4, -0.2) is 12.0 Å². The predicted molar refractivity (Wildman–Crippen MR) is 76.2 cm³/mol. The minimum Gasteiger partial charge on any atom is -0.328 e. The van der Waals surface area contributed by atoms with Crippen molar-refractivity contribution in [2.75, 3.05) is 11.9 Å². The third-order valence-electron chi connectivity index (χ3n) is 2.49. The average molecular weight is 323 g/mol. The molecule has 90 valence electrons. The first-order chi connectivity index (χ1) is 8.61. The number of aromatic nitrogens is 1. The number of nitrogens with zero attached hydrogens (tertiary/aromatic N) is 3. The topological polar surface area (TPSA) is 39.9 Å². The SMILES string of the molecule is CN(c1ccc(C#N)cc1)c1ncc(Br)cc1Cl. The van der Waals surface area contributed by atoms with Gasteiger partial charge in [0.1, 0.15) is 0 Å². The van der Waals surface area contributed by atoms with Gasteiger partial charge in [-0.25, -0.2) is 4.98 Å². The monoisotopic (exact) mass is 321 g/mol. The second-order valence-corrected chi connectivity index (χ2v) is 5.00. The number of hydrogen-bond acceptors (Lipinski definition) is 3. The Bertz CT molecular complexity index is 605. The standard InChI is InChI=1S/C13H9BrClN3/c1-18(11-4-2-9(7-16)3-5-11)13-12(15)6-10(14)8-17-13/h2-6,8H,1H3. The molecule has 0 saturated heterocycles. The van der Waals surface area contributed by atoms with Gasteiger partial charge in [-0.3, -0.25) is 0 Å². The molecule has 0 radical (unpaired) electrons. The summed E-state index contributed by atoms with van der Waals surface area (Å²) in [4.78, 5) is 6.15. The maximum atomic E-state index is 8.76. The van der Waals surface area contributed by atoms with Crippen LogP contribution in [0.1, 0.15) is 5.56 Å². The molecule has 0 N–H and O–H groups in total. The van der Waals surface area contributed by atoms with Crippen molar-refractivity contribution in [2.45, 2.75) is 0 Å². The number of nitriles is 1. The third-order valence-corrected chi connectivity index (χ3v) is 3.20. The summed E-state index contributed by atoms with van der Waals surface area (Å²) in [5, 5.41) is 9.32. The first kappa shape index (κ1) is 12.9. The lowest BCUT2D eigenvalue weighted by molar-refractivity contribution is 1.12. The van der Waals surface area contributed by atoms with Crippen molar-refractivity contribution in [3.63, 3.8) is 0 Å². The smallest absolute Gasteiger partial charge is 0.151 e. The molecule has 0 aliphatic heterocycles. The van der Waals surface area contributed by atoms with Crippen LogP contribution in [0, 0.1) is 11.3 Å². The largest absolute Gasteiger partial charge is 0.328 e. The van der Waals surface area contributed by atoms with Crippen molar-refractivity contribution in [1.29, 1.82) is 5.26 Å². The van der Waals surface area contributed by atoms with Crippen molar-refractivity contribution in [2.24, 2.45) is 0 Å². The molecule has 18 heavy (non-hydrogen) atoms. The predicted octanol–water partition coefficient (Wildman–Crippen LogP) is 4.14. The van der Waals surface area contributed by atoms with Gasteiger partial charge in [0.2, 0.25) is 0 Å². The van der Waals surface area contributed by atoms with Crippen LogP contribution in [0.4, 0.5) is 11.5 Å². The quantitative estimate of drug-likeness (QED) is 0.834. The van der Waals surface area contributed by atoms with Gasteiger partial charge in [0.25, 0.3) is 0 Å². The van der Waals surface area contributed by atoms with E-state index in [0.29, 0.717) is 16.4 Å². The molecule has 0 aliphatic rings. The fraction of sp³-hybridized carbons (Fsp3) is 0.0769. The highest BCUT2D eigenvalue weighted by Crippen LogP contribution is 2.30. The maximum absolute atomic E-state index is 8.76. The molecule has 0 bridgehead atoms. The summed E-state index contributed by atoms with van der Waals surface area (Å²) in [7, 11) is 1.88. The lowest BCUT2D eigenvalue weighted by atomic mass is 10.2. The Morgan fingerprint density at radius 1 is 1.33 bits per heavy atom. The van der Waals surface area contributed by atoms with E-state index in [9.17, 15) is 0 Å². The molecule has 5 heteroatoms. The van der Waals surface area contributed by atoms with Crippen LogP contribution in [0.5, 0.6) is 0 Å². The molecule has 0 spiro atoms. The van der Waals surface area contributed by atoms with Crippen molar-refractivity contribution in [3.05, 3.63) is 51.6 Å². The molecule has 2 aromatic rings. The van der Waals surface area contributed by atoms with Crippen molar-refractivity contribution in [1.82, 2.24) is 4.98 Å². The highest BCUT2D eigenvalue weighted by Gasteiger charge is 2.10. The van der Waals surface area contributed by atoms with Crippen LogP contribution in [0.15, 0.2) is 41.0 Å². The second kappa shape index (κ2) is 5.38. The molecular weight excluding hydrogens is 314 g/mol. The van der Waals surface area contributed by atoms with Crippen LogP contribution >= 0.6 is 27.5 Å². The summed E-state index contributed by atoms with van der Waals surface area (Å²) in [6, 6.07) is 11.1. The number of rotatable bonds is 2. The Balaban J connectivity index is 2.35. The lowest BCUT2D eigenvalue weighted by Gasteiger charge is -2.19. The highest BCUT2D eigenvalue weighted by atomic mass is 79.9. The zero-order chi connectivity index (χ0) is 13.1. The van der Waals surface area contributed by atoms with Gasteiger partial charge in [-0.1, -0.05) is 11.6 Å². The molecule has 1 aromatic carbocycles. The maximum Gasteiger partial charge on any atom is 0.151 e. The van der Waals surface area contributed by atoms with Crippen molar-refractivity contribution in [3.8, 4) is 6.07 Å². The van der Waals surface area contributed by atoms with Crippen LogP contribution in [0.2, 0.25) is 5.02 Å². The number of benzene rings is 1. The third kappa shape index (κ3) is 2.63. The molecule has 1 heterocycles. The Labute approximate surface area is 119 Å². The Kier molecular flexibility index (Phi) is 3.85. The Morgan fingerprint density at radius 2 is 2.00 bits per heavy atom. The van der Waals surface area contributed by atoms with Gasteiger partial charge in [-0.2, -0.15) is 5.26 Å². The van der Waals surface area contributed by atoms with Gasteiger partial charge in [0, 0.05) is 23.4 Å². The molecule has 0 unspecified atom stereocenters. The van der Waals surface area contributed by atoms with E-state index >= 15 is 0 Å². The summed E-state index contributed by atoms with van der Waals surface area (Å²) in [6.45, 7) is 0. The normalized spacial score (nSPS) is 9.89. The molecule has 0 amide bonds. The Hall–Kier alpha value is -1.57. The molecule has 1 aromatic heterocycles. The number of pyridine rings is 1. The zero-order valence-corrected chi connectivity index (χ0v) is 11.9. The van der Waals surface area contributed by atoms with E-state index in [0.717, 1.165) is 10.2 Å². The van der Waals surface area contributed by atoms with E-state index in [1.54, 1.807) is 24.4 Å². The van der Waals surface area contributed by atoms with E-state index in [1.807, 2.05) is 24.1 Å². The van der Waals surface area contributed by atoms with Gasteiger partial charge in [-0.05, 0) is 46.3 Å². The van der Waals surface area contributed by atoms with E-state index in [2.05, 4.69) is 27.0 Å². The summed E-state index contributed by atoms with van der Waals surface area (Å²) < 4.78 is 0.837. The van der Waals surface area contributed by atoms with E-state index in [4.69, 9.17) is 16.9 Å². The van der Waals surface area contributed by atoms with Gasteiger partial charge in [-0.15, -0.1) is 0 Å². The molecule has 0 aliphatic carbocycles. The van der Waals surface area contributed by atoms with E-state index in [1.165, 1.54) is 0 Å². The lowest BCUT2D eigenvalue weighted by Crippen LogP contribution is -2.11. The van der Waals surface area contributed by atoms with Crippen LogP contribution in [0.3, 0.4) is 0 Å². The molecule has 0 atom stereocenters. The van der Waals surface area contributed by atoms with Gasteiger partial charge < -0.3 is 4.90 Å². The van der Waals surface area contributed by atoms with Crippen molar-refractivity contribution >= 4 is 39.0 Å². The fourth-order valence-corrected chi connectivity index (χ4v) is 2.29. The number of anilines is 2. The molecule has 2 rings (SSSR count). The van der Waals surface area contributed by atoms with E-state index < -0.39 is 0 Å². The molecule has 0 saturated carbocycles. The minimum atomic E-state index is 0.566. The van der Waals surface area contributed by atoms with Crippen LogP contribution in [0.25, 0.3) is 0 Å².